The zero-order chi connectivity index (χ0) is 22.5. The summed E-state index contributed by atoms with van der Waals surface area (Å²) in [6, 6.07) is 19.7. The van der Waals surface area contributed by atoms with Crippen LogP contribution in [-0.2, 0) is 13.2 Å². The molecular formula is C26H27ClN2O3. The molecule has 0 aliphatic rings. The Kier molecular flexibility index (Phi) is 6.86. The lowest BCUT2D eigenvalue weighted by Gasteiger charge is -2.13. The Labute approximate surface area is 193 Å². The van der Waals surface area contributed by atoms with Crippen LogP contribution < -0.4 is 14.2 Å². The minimum atomic E-state index is 0.373. The van der Waals surface area contributed by atoms with E-state index >= 15 is 0 Å². The monoisotopic (exact) mass is 450 g/mol. The molecule has 166 valence electrons. The van der Waals surface area contributed by atoms with Gasteiger partial charge in [0.15, 0.2) is 0 Å². The number of rotatable bonds is 9. The smallest absolute Gasteiger partial charge is 0.147 e. The van der Waals surface area contributed by atoms with Crippen LogP contribution >= 0.6 is 11.6 Å². The van der Waals surface area contributed by atoms with Gasteiger partial charge in [0, 0.05) is 17.6 Å². The zero-order valence-electron chi connectivity index (χ0n) is 18.6. The molecule has 0 bridgehead atoms. The standard InChI is InChI=1S/C26H27ClN2O3/c1-18-14-22(15-19(2)26(18)27)31-13-7-12-29-24-11-5-4-10-23(24)28-25(29)17-32-21-9-6-8-20(16-21)30-3/h4-6,8-11,14-16H,7,12-13,17H2,1-3H3. The number of fused-ring (bicyclic) bond motifs is 1. The molecule has 6 heteroatoms. The number of hydrogen-bond acceptors (Lipinski definition) is 4. The van der Waals surface area contributed by atoms with E-state index in [1.807, 2.05) is 68.4 Å². The minimum Gasteiger partial charge on any atom is -0.497 e. The molecule has 0 N–H and O–H groups in total. The summed E-state index contributed by atoms with van der Waals surface area (Å²) in [7, 11) is 1.65. The van der Waals surface area contributed by atoms with E-state index in [1.165, 1.54) is 0 Å². The molecule has 32 heavy (non-hydrogen) atoms. The predicted octanol–water partition coefficient (Wildman–Crippen LogP) is 6.36. The summed E-state index contributed by atoms with van der Waals surface area (Å²) in [4.78, 5) is 4.79. The Balaban J connectivity index is 1.44. The number of imidazole rings is 1. The van der Waals surface area contributed by atoms with Gasteiger partial charge in [0.05, 0.1) is 24.8 Å². The summed E-state index contributed by atoms with van der Waals surface area (Å²) in [5.41, 5.74) is 4.11. The highest BCUT2D eigenvalue weighted by molar-refractivity contribution is 6.32. The summed E-state index contributed by atoms with van der Waals surface area (Å²) in [6.07, 6.45) is 0.841. The number of hydrogen-bond donors (Lipinski definition) is 0. The van der Waals surface area contributed by atoms with Gasteiger partial charge in [-0.15, -0.1) is 0 Å². The number of halogens is 1. The molecule has 0 saturated heterocycles. The molecule has 0 aliphatic carbocycles. The van der Waals surface area contributed by atoms with E-state index in [0.717, 1.165) is 63.2 Å². The van der Waals surface area contributed by atoms with Crippen molar-refractivity contribution in [2.24, 2.45) is 0 Å². The van der Waals surface area contributed by atoms with Gasteiger partial charge in [-0.2, -0.15) is 0 Å². The first-order valence-electron chi connectivity index (χ1n) is 10.7. The third kappa shape index (κ3) is 5.00. The molecule has 0 saturated carbocycles. The highest BCUT2D eigenvalue weighted by Crippen LogP contribution is 2.26. The fraction of sp³-hybridized carbons (Fsp3) is 0.269. The first kappa shape index (κ1) is 22.0. The molecule has 1 heterocycles. The van der Waals surface area contributed by atoms with E-state index in [-0.39, 0.29) is 0 Å². The number of nitrogens with zero attached hydrogens (tertiary/aromatic N) is 2. The van der Waals surface area contributed by atoms with E-state index < -0.39 is 0 Å². The second kappa shape index (κ2) is 9.96. The molecular weight excluding hydrogens is 424 g/mol. The Morgan fingerprint density at radius 3 is 2.41 bits per heavy atom. The first-order chi connectivity index (χ1) is 15.5. The normalized spacial score (nSPS) is 11.0. The lowest BCUT2D eigenvalue weighted by molar-refractivity contribution is 0.279. The number of aryl methyl sites for hydroxylation is 3. The lowest BCUT2D eigenvalue weighted by Crippen LogP contribution is -2.10. The molecule has 0 unspecified atom stereocenters. The van der Waals surface area contributed by atoms with E-state index in [9.17, 15) is 0 Å². The molecule has 3 aromatic carbocycles. The van der Waals surface area contributed by atoms with Crippen molar-refractivity contribution in [3.63, 3.8) is 0 Å². The average molecular weight is 451 g/mol. The van der Waals surface area contributed by atoms with Gasteiger partial charge >= 0.3 is 0 Å². The minimum absolute atomic E-state index is 0.373. The van der Waals surface area contributed by atoms with Crippen LogP contribution in [0.15, 0.2) is 60.7 Å². The molecule has 0 fully saturated rings. The van der Waals surface area contributed by atoms with Crippen molar-refractivity contribution in [2.45, 2.75) is 33.4 Å². The number of benzene rings is 3. The van der Waals surface area contributed by atoms with E-state index in [2.05, 4.69) is 10.6 Å². The molecule has 5 nitrogen and oxygen atoms in total. The van der Waals surface area contributed by atoms with Gasteiger partial charge in [-0.1, -0.05) is 29.8 Å². The van der Waals surface area contributed by atoms with Gasteiger partial charge in [0.2, 0.25) is 0 Å². The SMILES string of the molecule is COc1cccc(OCc2nc3ccccc3n2CCCOc2cc(C)c(Cl)c(C)c2)c1. The van der Waals surface area contributed by atoms with Crippen molar-refractivity contribution < 1.29 is 14.2 Å². The predicted molar refractivity (Wildman–Crippen MR) is 128 cm³/mol. The van der Waals surface area contributed by atoms with E-state index in [0.29, 0.717) is 13.2 Å². The van der Waals surface area contributed by atoms with Gasteiger partial charge in [-0.3, -0.25) is 0 Å². The average Bonchev–Trinajstić information content (AvgIpc) is 3.16. The maximum Gasteiger partial charge on any atom is 0.147 e. The van der Waals surface area contributed by atoms with Crippen molar-refractivity contribution in [1.82, 2.24) is 9.55 Å². The number of para-hydroxylation sites is 2. The number of methoxy groups -OCH3 is 1. The fourth-order valence-electron chi connectivity index (χ4n) is 3.73. The number of aromatic nitrogens is 2. The summed E-state index contributed by atoms with van der Waals surface area (Å²) in [6.45, 7) is 5.74. The van der Waals surface area contributed by atoms with Crippen LogP contribution in [0, 0.1) is 13.8 Å². The topological polar surface area (TPSA) is 45.5 Å². The Morgan fingerprint density at radius 1 is 0.875 bits per heavy atom. The van der Waals surface area contributed by atoms with Crippen molar-refractivity contribution in [3.05, 3.63) is 82.6 Å². The molecule has 0 amide bonds. The van der Waals surface area contributed by atoms with Crippen molar-refractivity contribution in [3.8, 4) is 17.2 Å². The van der Waals surface area contributed by atoms with E-state index in [4.69, 9.17) is 30.8 Å². The van der Waals surface area contributed by atoms with Crippen molar-refractivity contribution in [1.29, 1.82) is 0 Å². The first-order valence-corrected chi connectivity index (χ1v) is 11.0. The van der Waals surface area contributed by atoms with Crippen LogP contribution in [0.5, 0.6) is 17.2 Å². The van der Waals surface area contributed by atoms with Crippen molar-refractivity contribution >= 4 is 22.6 Å². The van der Waals surface area contributed by atoms with Crippen molar-refractivity contribution in [2.75, 3.05) is 13.7 Å². The fourth-order valence-corrected chi connectivity index (χ4v) is 3.84. The lowest BCUT2D eigenvalue weighted by atomic mass is 10.1. The van der Waals surface area contributed by atoms with Crippen LogP contribution in [-0.4, -0.2) is 23.3 Å². The molecule has 4 rings (SSSR count). The number of ether oxygens (including phenoxy) is 3. The van der Waals surface area contributed by atoms with Crippen LogP contribution in [0.4, 0.5) is 0 Å². The van der Waals surface area contributed by atoms with Crippen LogP contribution in [0.1, 0.15) is 23.4 Å². The Morgan fingerprint density at radius 2 is 1.62 bits per heavy atom. The second-order valence-corrected chi connectivity index (χ2v) is 8.09. The second-order valence-electron chi connectivity index (χ2n) is 7.71. The molecule has 4 aromatic rings. The Bertz CT molecular complexity index is 1200. The molecule has 0 aliphatic heterocycles. The third-order valence-electron chi connectivity index (χ3n) is 5.35. The summed E-state index contributed by atoms with van der Waals surface area (Å²) in [5, 5.41) is 0.794. The maximum atomic E-state index is 6.26. The van der Waals surface area contributed by atoms with Crippen LogP contribution in [0.2, 0.25) is 5.02 Å². The summed E-state index contributed by atoms with van der Waals surface area (Å²) >= 11 is 6.26. The largest absolute Gasteiger partial charge is 0.497 e. The molecule has 0 spiro atoms. The molecule has 1 aromatic heterocycles. The Hall–Kier alpha value is -3.18. The van der Waals surface area contributed by atoms with Gasteiger partial charge < -0.3 is 18.8 Å². The summed E-state index contributed by atoms with van der Waals surface area (Å²) < 4.78 is 19.5. The maximum absolute atomic E-state index is 6.26. The van der Waals surface area contributed by atoms with E-state index in [1.54, 1.807) is 7.11 Å². The van der Waals surface area contributed by atoms with Crippen LogP contribution in [0.3, 0.4) is 0 Å². The van der Waals surface area contributed by atoms with Gasteiger partial charge in [0.1, 0.15) is 29.7 Å². The zero-order valence-corrected chi connectivity index (χ0v) is 19.4. The van der Waals surface area contributed by atoms with Gasteiger partial charge in [-0.05, 0) is 67.8 Å². The third-order valence-corrected chi connectivity index (χ3v) is 5.94. The molecule has 0 atom stereocenters. The van der Waals surface area contributed by atoms with Gasteiger partial charge in [0.25, 0.3) is 0 Å². The highest BCUT2D eigenvalue weighted by Gasteiger charge is 2.12. The summed E-state index contributed by atoms with van der Waals surface area (Å²) in [5.74, 6) is 3.24. The van der Waals surface area contributed by atoms with Crippen LogP contribution in [0.25, 0.3) is 11.0 Å². The quantitative estimate of drug-likeness (QED) is 0.278. The van der Waals surface area contributed by atoms with Gasteiger partial charge in [-0.25, -0.2) is 4.98 Å². The highest BCUT2D eigenvalue weighted by atomic mass is 35.5. The molecule has 0 radical (unpaired) electrons.